The summed E-state index contributed by atoms with van der Waals surface area (Å²) in [4.78, 5) is 23.8. The van der Waals surface area contributed by atoms with Gasteiger partial charge in [-0.2, -0.15) is 0 Å². The lowest BCUT2D eigenvalue weighted by molar-refractivity contribution is -0.120. The highest BCUT2D eigenvalue weighted by Gasteiger charge is 2.21. The molecular formula is C14H12O2S2. The van der Waals surface area contributed by atoms with Crippen LogP contribution in [0.1, 0.15) is 12.5 Å². The van der Waals surface area contributed by atoms with Crippen LogP contribution in [0.5, 0.6) is 0 Å². The molecule has 0 radical (unpaired) electrons. The molecule has 2 nitrogen and oxygen atoms in total. The quantitative estimate of drug-likeness (QED) is 0.478. The predicted octanol–water partition coefficient (Wildman–Crippen LogP) is 3.55. The van der Waals surface area contributed by atoms with Gasteiger partial charge in [0.2, 0.25) is 0 Å². The molecule has 0 saturated carbocycles. The van der Waals surface area contributed by atoms with Crippen molar-refractivity contribution in [2.75, 3.05) is 0 Å². The Hall–Kier alpha value is -1.26. The van der Waals surface area contributed by atoms with E-state index in [1.54, 1.807) is 0 Å². The number of thioether (sulfide) groups is 2. The van der Waals surface area contributed by atoms with Gasteiger partial charge in [-0.25, -0.2) is 0 Å². The first kappa shape index (κ1) is 13.2. The number of ketones is 2. The maximum Gasteiger partial charge on any atom is 0.172 e. The lowest BCUT2D eigenvalue weighted by Gasteiger charge is -2.06. The predicted molar refractivity (Wildman–Crippen MR) is 77.2 cm³/mol. The Labute approximate surface area is 115 Å². The smallest absolute Gasteiger partial charge is 0.172 e. The van der Waals surface area contributed by atoms with Crippen molar-refractivity contribution in [3.05, 3.63) is 56.5 Å². The zero-order valence-corrected chi connectivity index (χ0v) is 11.5. The van der Waals surface area contributed by atoms with Crippen molar-refractivity contribution in [2.24, 2.45) is 0 Å². The van der Waals surface area contributed by atoms with Gasteiger partial charge in [-0.05, 0) is 23.3 Å². The highest BCUT2D eigenvalue weighted by molar-refractivity contribution is 8.27. The molecular weight excluding hydrogens is 264 g/mol. The average Bonchev–Trinajstić information content (AvgIpc) is 2.83. The van der Waals surface area contributed by atoms with Crippen LogP contribution in [0.2, 0.25) is 0 Å². The Morgan fingerprint density at radius 1 is 1.06 bits per heavy atom. The normalized spacial score (nSPS) is 13.7. The summed E-state index contributed by atoms with van der Waals surface area (Å²) in [6, 6.07) is 9.49. The van der Waals surface area contributed by atoms with Crippen LogP contribution in [0.3, 0.4) is 0 Å². The van der Waals surface area contributed by atoms with E-state index in [9.17, 15) is 9.59 Å². The summed E-state index contributed by atoms with van der Waals surface area (Å²) in [5.41, 5.74) is 1.27. The van der Waals surface area contributed by atoms with Crippen molar-refractivity contribution in [3.8, 4) is 0 Å². The van der Waals surface area contributed by atoms with Gasteiger partial charge in [0.05, 0.1) is 9.81 Å². The van der Waals surface area contributed by atoms with Crippen molar-refractivity contribution < 1.29 is 9.59 Å². The number of hydrogen-bond acceptors (Lipinski definition) is 4. The molecule has 0 spiro atoms. The maximum atomic E-state index is 12.2. The third-order valence-electron chi connectivity index (χ3n) is 2.45. The molecule has 1 aromatic carbocycles. The second-order valence-electron chi connectivity index (χ2n) is 3.81. The Morgan fingerprint density at radius 3 is 2.22 bits per heavy atom. The van der Waals surface area contributed by atoms with Crippen LogP contribution in [0.4, 0.5) is 0 Å². The molecule has 0 N–H and O–H groups in total. The van der Waals surface area contributed by atoms with Crippen molar-refractivity contribution in [1.29, 1.82) is 0 Å². The third kappa shape index (κ3) is 3.15. The minimum atomic E-state index is -0.158. The highest BCUT2D eigenvalue weighted by Crippen LogP contribution is 2.40. The molecule has 1 aliphatic heterocycles. The number of carbonyl (C=O) groups excluding carboxylic acids is 2. The van der Waals surface area contributed by atoms with Gasteiger partial charge in [0, 0.05) is 6.42 Å². The van der Waals surface area contributed by atoms with E-state index in [-0.39, 0.29) is 18.0 Å². The fourth-order valence-corrected chi connectivity index (χ4v) is 3.65. The molecule has 0 bridgehead atoms. The summed E-state index contributed by atoms with van der Waals surface area (Å²) in [6.45, 7) is 1.45. The average molecular weight is 276 g/mol. The minimum absolute atomic E-state index is 0.104. The van der Waals surface area contributed by atoms with E-state index in [2.05, 4.69) is 0 Å². The molecule has 0 atom stereocenters. The van der Waals surface area contributed by atoms with Gasteiger partial charge in [0.25, 0.3) is 0 Å². The van der Waals surface area contributed by atoms with Crippen LogP contribution in [-0.2, 0) is 16.0 Å². The standard InChI is InChI=1S/C14H12O2S2/c1-10(15)13(14-17-7-8-18-14)12(16)9-11-5-3-2-4-6-11/h2-8H,9H2,1H3. The fourth-order valence-electron chi connectivity index (χ4n) is 1.65. The van der Waals surface area contributed by atoms with Crippen molar-refractivity contribution in [3.63, 3.8) is 0 Å². The Balaban J connectivity index is 2.20. The molecule has 92 valence electrons. The van der Waals surface area contributed by atoms with Gasteiger partial charge in [0.15, 0.2) is 11.6 Å². The Morgan fingerprint density at radius 2 is 1.67 bits per heavy atom. The number of hydrogen-bond donors (Lipinski definition) is 0. The molecule has 1 heterocycles. The first-order valence-corrected chi connectivity index (χ1v) is 7.25. The summed E-state index contributed by atoms with van der Waals surface area (Å²) < 4.78 is 0.795. The van der Waals surface area contributed by atoms with Gasteiger partial charge in [-0.15, -0.1) is 0 Å². The Kier molecular flexibility index (Phi) is 4.44. The number of benzene rings is 1. The molecule has 18 heavy (non-hydrogen) atoms. The molecule has 0 amide bonds. The minimum Gasteiger partial charge on any atom is -0.294 e. The van der Waals surface area contributed by atoms with E-state index >= 15 is 0 Å². The number of Topliss-reactive ketones (excluding diaryl/α,β-unsaturated/α-hetero) is 2. The van der Waals surface area contributed by atoms with Gasteiger partial charge >= 0.3 is 0 Å². The lowest BCUT2D eigenvalue weighted by atomic mass is 10.0. The molecule has 1 aromatic rings. The fraction of sp³-hybridized carbons (Fsp3) is 0.143. The van der Waals surface area contributed by atoms with Gasteiger partial charge < -0.3 is 0 Å². The van der Waals surface area contributed by atoms with E-state index in [1.165, 1.54) is 30.4 Å². The number of carbonyl (C=O) groups is 2. The van der Waals surface area contributed by atoms with Crippen LogP contribution in [-0.4, -0.2) is 11.6 Å². The van der Waals surface area contributed by atoms with Crippen LogP contribution in [0.25, 0.3) is 0 Å². The summed E-state index contributed by atoms with van der Waals surface area (Å²) in [7, 11) is 0. The summed E-state index contributed by atoms with van der Waals surface area (Å²) in [5, 5.41) is 3.78. The third-order valence-corrected chi connectivity index (χ3v) is 4.58. The molecule has 0 saturated heterocycles. The molecule has 0 aromatic heterocycles. The van der Waals surface area contributed by atoms with E-state index < -0.39 is 0 Å². The maximum absolute atomic E-state index is 12.2. The van der Waals surface area contributed by atoms with Crippen molar-refractivity contribution >= 4 is 35.1 Å². The number of allylic oxidation sites excluding steroid dienone is 1. The van der Waals surface area contributed by atoms with Crippen molar-refractivity contribution in [2.45, 2.75) is 13.3 Å². The molecule has 0 fully saturated rings. The lowest BCUT2D eigenvalue weighted by Crippen LogP contribution is -2.13. The zero-order chi connectivity index (χ0) is 13.0. The molecule has 0 aliphatic carbocycles. The molecule has 2 rings (SSSR count). The summed E-state index contributed by atoms with van der Waals surface area (Å²) in [6.07, 6.45) is 0.278. The van der Waals surface area contributed by atoms with E-state index in [0.717, 1.165) is 9.80 Å². The Bertz CT molecular complexity index is 520. The van der Waals surface area contributed by atoms with E-state index in [1.807, 2.05) is 41.1 Å². The molecule has 4 heteroatoms. The monoisotopic (exact) mass is 276 g/mol. The van der Waals surface area contributed by atoms with E-state index in [0.29, 0.717) is 5.57 Å². The second-order valence-corrected chi connectivity index (χ2v) is 5.90. The second kappa shape index (κ2) is 6.07. The summed E-state index contributed by atoms with van der Waals surface area (Å²) >= 11 is 2.88. The van der Waals surface area contributed by atoms with Crippen LogP contribution >= 0.6 is 23.5 Å². The first-order valence-electron chi connectivity index (χ1n) is 5.49. The SMILES string of the molecule is CC(=O)C(C(=O)Cc1ccccc1)=C1SC=CS1. The molecule has 1 aliphatic rings. The van der Waals surface area contributed by atoms with Crippen LogP contribution in [0, 0.1) is 0 Å². The summed E-state index contributed by atoms with van der Waals surface area (Å²) in [5.74, 6) is -0.262. The number of rotatable bonds is 4. The van der Waals surface area contributed by atoms with Gasteiger partial charge in [-0.3, -0.25) is 9.59 Å². The molecule has 0 unspecified atom stereocenters. The van der Waals surface area contributed by atoms with Crippen LogP contribution in [0.15, 0.2) is 51.0 Å². The van der Waals surface area contributed by atoms with Gasteiger partial charge in [0.1, 0.15) is 0 Å². The van der Waals surface area contributed by atoms with Crippen molar-refractivity contribution in [1.82, 2.24) is 0 Å². The topological polar surface area (TPSA) is 34.1 Å². The first-order chi connectivity index (χ1) is 8.68. The van der Waals surface area contributed by atoms with Gasteiger partial charge in [-0.1, -0.05) is 53.9 Å². The zero-order valence-electron chi connectivity index (χ0n) is 9.88. The largest absolute Gasteiger partial charge is 0.294 e. The van der Waals surface area contributed by atoms with Crippen LogP contribution < -0.4 is 0 Å². The highest BCUT2D eigenvalue weighted by atomic mass is 32.2. The van der Waals surface area contributed by atoms with E-state index in [4.69, 9.17) is 0 Å².